The van der Waals surface area contributed by atoms with Crippen molar-refractivity contribution in [3.05, 3.63) is 47.6 Å². The molecule has 24 atom stereocenters. The number of aliphatic hydroxyl groups excluding tert-OH is 16. The highest BCUT2D eigenvalue weighted by molar-refractivity contribution is 5.80. The second-order valence-electron chi connectivity index (χ2n) is 28.2. The predicted octanol–water partition coefficient (Wildman–Crippen LogP) is -16.7. The normalized spacial score (nSPS) is 32.7. The molecule has 0 unspecified atom stereocenters. The molecule has 4 fully saturated rings. The lowest BCUT2D eigenvalue weighted by atomic mass is 9.87. The van der Waals surface area contributed by atoms with Crippen molar-refractivity contribution in [2.45, 2.75) is 198 Å². The Morgan fingerprint density at radius 1 is 0.389 bits per heavy atom. The van der Waals surface area contributed by atoms with Crippen molar-refractivity contribution in [2.24, 2.45) is 5.41 Å². The Balaban J connectivity index is 1.15. The van der Waals surface area contributed by atoms with Gasteiger partial charge in [0.05, 0.1) is 156 Å². The van der Waals surface area contributed by atoms with Gasteiger partial charge in [-0.05, 0) is 0 Å². The average molecular weight is 1630 g/mol. The Bertz CT molecular complexity index is 3050. The quantitative estimate of drug-likeness (QED) is 0.0271. The van der Waals surface area contributed by atoms with Crippen molar-refractivity contribution < 1.29 is 178 Å². The van der Waals surface area contributed by atoms with Gasteiger partial charge in [-0.3, -0.25) is 39.2 Å². The van der Waals surface area contributed by atoms with E-state index in [-0.39, 0.29) is 22.8 Å². The fourth-order valence-corrected chi connectivity index (χ4v) is 13.8. The maximum absolute atomic E-state index is 13.4. The molecule has 640 valence electrons. The van der Waals surface area contributed by atoms with Crippen LogP contribution in [0.25, 0.3) is 0 Å². The molecule has 8 aliphatic heterocycles. The summed E-state index contributed by atoms with van der Waals surface area (Å²) in [5, 5.41) is 227. The lowest BCUT2D eigenvalue weighted by Crippen LogP contribution is -2.72. The minimum absolute atomic E-state index is 0.0365. The topological polar surface area (TPSA) is 772 Å². The first-order valence-electron chi connectivity index (χ1n) is 34.9. The second-order valence-corrected chi connectivity index (χ2v) is 28.2. The summed E-state index contributed by atoms with van der Waals surface area (Å²) in [4.78, 5) is 103. The summed E-state index contributed by atoms with van der Waals surface area (Å²) in [5.41, 5.74) is 8.22. The van der Waals surface area contributed by atoms with Crippen LogP contribution >= 0.6 is 0 Å². The minimum atomic E-state index is -2.70. The molecule has 52 nitrogen and oxygen atoms in total. The van der Waals surface area contributed by atoms with Gasteiger partial charge in [0.15, 0.2) is 0 Å². The molecular formula is C61H100N16O36. The van der Waals surface area contributed by atoms with E-state index < -0.39 is 303 Å². The third kappa shape index (κ3) is 20.1. The highest BCUT2D eigenvalue weighted by Crippen LogP contribution is 2.41. The van der Waals surface area contributed by atoms with Crippen LogP contribution in [-0.4, -0.2) is 394 Å². The number of nitrogens with zero attached hydrogens (tertiary/aromatic N) is 4. The molecule has 8 aliphatic rings. The summed E-state index contributed by atoms with van der Waals surface area (Å²) >= 11 is 0. The maximum Gasteiger partial charge on any atom is 0.359 e. The van der Waals surface area contributed by atoms with E-state index in [1.54, 1.807) is 0 Å². The lowest BCUT2D eigenvalue weighted by Gasteiger charge is -2.49. The number of nitrogens with one attached hydrogen (secondary N) is 12. The summed E-state index contributed by atoms with van der Waals surface area (Å²) < 4.78 is 49.1. The zero-order chi connectivity index (χ0) is 83.6. The van der Waals surface area contributed by atoms with Crippen molar-refractivity contribution in [2.75, 3.05) is 79.3 Å². The van der Waals surface area contributed by atoms with E-state index in [1.807, 2.05) is 0 Å². The largest absolute Gasteiger partial charge is 0.478 e. The first-order chi connectivity index (χ1) is 53.2. The third-order valence-electron chi connectivity index (χ3n) is 19.5. The van der Waals surface area contributed by atoms with Gasteiger partial charge in [-0.25, -0.2) is 19.2 Å². The van der Waals surface area contributed by atoms with E-state index in [2.05, 4.69) is 65.1 Å². The number of ether oxygens (including phenoxy) is 8. The molecule has 52 heteroatoms. The minimum Gasteiger partial charge on any atom is -0.478 e. The molecule has 4 saturated heterocycles. The molecule has 32 N–H and O–H groups in total. The maximum atomic E-state index is 13.4. The van der Waals surface area contributed by atoms with Crippen molar-refractivity contribution in [1.29, 1.82) is 0 Å². The molecule has 0 aliphatic carbocycles. The van der Waals surface area contributed by atoms with E-state index >= 15 is 0 Å². The number of carboxylic acid groups (broad SMARTS) is 4. The molecule has 0 aromatic carbocycles. The van der Waals surface area contributed by atoms with Crippen LogP contribution < -0.4 is 65.1 Å². The van der Waals surface area contributed by atoms with Crippen LogP contribution in [0.4, 0.5) is 0 Å². The number of aliphatic hydroxyl groups is 16. The number of amides is 4. The van der Waals surface area contributed by atoms with E-state index in [1.165, 1.54) is 0 Å². The van der Waals surface area contributed by atoms with E-state index in [4.69, 9.17) is 37.9 Å². The van der Waals surface area contributed by atoms with Crippen molar-refractivity contribution >= 4 is 47.5 Å². The van der Waals surface area contributed by atoms with Gasteiger partial charge in [-0.1, -0.05) is 0 Å². The fourth-order valence-electron chi connectivity index (χ4n) is 13.8. The number of hydrogen-bond acceptors (Lipinski definition) is 44. The molecule has 0 bridgehead atoms. The van der Waals surface area contributed by atoms with Crippen molar-refractivity contribution in [1.82, 2.24) is 85.1 Å². The highest BCUT2D eigenvalue weighted by atomic mass is 16.6. The lowest BCUT2D eigenvalue weighted by molar-refractivity contribution is -0.269. The number of carboxylic acids is 4. The molecular weight excluding hydrogens is 1530 g/mol. The number of rotatable bonds is 40. The first kappa shape index (κ1) is 90.5. The van der Waals surface area contributed by atoms with Gasteiger partial charge in [-0.2, -0.15) is 0 Å². The molecule has 0 radical (unpaired) electrons. The first-order valence-corrected chi connectivity index (χ1v) is 34.9. The summed E-state index contributed by atoms with van der Waals surface area (Å²) in [6.07, 6.45) is -30.6. The van der Waals surface area contributed by atoms with Gasteiger partial charge in [-0.15, -0.1) is 22.1 Å². The van der Waals surface area contributed by atoms with Crippen LogP contribution in [0.5, 0.6) is 0 Å². The molecule has 0 spiro atoms. The summed E-state index contributed by atoms with van der Waals surface area (Å²) in [6, 6.07) is -6.24. The van der Waals surface area contributed by atoms with Crippen LogP contribution in [-0.2, 0) is 76.3 Å². The Hall–Kier alpha value is -8.00. The van der Waals surface area contributed by atoms with Crippen LogP contribution in [0.1, 0.15) is 53.4 Å². The molecule has 113 heavy (non-hydrogen) atoms. The molecule has 0 saturated carbocycles. The van der Waals surface area contributed by atoms with Crippen LogP contribution in [0.2, 0.25) is 0 Å². The van der Waals surface area contributed by atoms with Gasteiger partial charge in [0.2, 0.25) is 23.6 Å². The molecule has 8 heterocycles. The number of carbonyl (C=O) groups is 8. The van der Waals surface area contributed by atoms with Crippen molar-refractivity contribution in [3.63, 3.8) is 0 Å². The highest BCUT2D eigenvalue weighted by Gasteiger charge is 2.63. The predicted molar refractivity (Wildman–Crippen MR) is 361 cm³/mol. The van der Waals surface area contributed by atoms with E-state index in [0.717, 1.165) is 72.5 Å². The summed E-state index contributed by atoms with van der Waals surface area (Å²) in [7, 11) is 0. The number of carbonyl (C=O) groups excluding carboxylic acids is 4. The molecule has 0 aromatic heterocycles. The van der Waals surface area contributed by atoms with Gasteiger partial charge in [0.25, 0.3) is 22.9 Å². The molecule has 8 rings (SSSR count). The summed E-state index contributed by atoms with van der Waals surface area (Å²) in [6.45, 7) is -4.98. The standard InChI is InChI=1S/C61H100N16O36/c1-25(82)62-41-33(86)5-58(53(98)99,110-49(41)45(94)37(90)13-78)74-9-29(66-70-74)17-106-21-57(22-107-18-30-10-75(71-67-30)59(54(100)101)6-34(87)42(63-26(2)83)50(111-59)46(95)38(91)14-79,23-108-19-31-11-76(72-68-31)60(55(102)103)7-35(88)43(64-27(3)84)51(112-60)47(96)39(92)15-80)24-109-20-32-12-77(73-69-32)61(56(104)105)8-36(89)44(65-28(4)85)52(113-61)48(97)40(93)16-81/h9-12,33-52,66-73,78-81,86-97H,5-8,13-24H2,1-4H3,(H,62,82)(H,63,83)(H,64,84)(H,65,85)(H,98,99)(H,100,101)(H,102,103)(H,104,105)/t33-,34-,35-,36-,37-,38-,39-,40-,41+,42+,43+,44+,45-,46-,47-,48-,49+,50+,51+,52+,58+,59+,60+,61+/m0/s1. The number of hydrazine groups is 8. The second kappa shape index (κ2) is 38.2. The average Bonchev–Trinajstić information content (AvgIpc) is 1.74. The van der Waals surface area contributed by atoms with Crippen molar-refractivity contribution in [3.8, 4) is 0 Å². The number of hydrogen-bond donors (Lipinski definition) is 32. The Labute approximate surface area is 639 Å². The Morgan fingerprint density at radius 2 is 0.575 bits per heavy atom. The Morgan fingerprint density at radius 3 is 0.735 bits per heavy atom. The SMILES string of the molecule is CC(=O)N[C@H]1[C@H]([C@@H](O)[C@@H](O)CO)O[C@](C(=O)O)(N2C=C(COCC(COCC3=CN([C@]4(C(=O)O)C[C@H](O)[C@@H](NC(C)=O)[C@H]([C@@H](O)[C@@H](O)CO)O4)NN3)(COCC3=CN([C@]4(C(=O)O)C[C@H](O)[C@@H](NC(C)=O)[C@H]([C@@H](O)[C@@H](O)CO)O4)NN3)COCC3=CN([C@]4(C(=O)O)C[C@H](O)[C@@H](NC(C)=O)[C@H]([C@@H](O)[C@@H](O)CO)O4)NN3)NN2)C[C@@H]1O. The smallest absolute Gasteiger partial charge is 0.359 e. The van der Waals surface area contributed by atoms with Crippen LogP contribution in [0.15, 0.2) is 47.6 Å². The third-order valence-corrected chi connectivity index (χ3v) is 19.5. The van der Waals surface area contributed by atoms with Crippen LogP contribution in [0, 0.1) is 5.41 Å². The van der Waals surface area contributed by atoms with Gasteiger partial charge in [0, 0.05) is 78.2 Å². The van der Waals surface area contributed by atoms with Gasteiger partial charge >= 0.3 is 23.9 Å². The van der Waals surface area contributed by atoms with Gasteiger partial charge < -0.3 is 183 Å². The summed E-state index contributed by atoms with van der Waals surface area (Å²) in [5.74, 6) is -10.3. The zero-order valence-corrected chi connectivity index (χ0v) is 60.9. The van der Waals surface area contributed by atoms with E-state index in [9.17, 15) is 140 Å². The zero-order valence-electron chi connectivity index (χ0n) is 60.9. The van der Waals surface area contributed by atoms with Gasteiger partial charge in [0.1, 0.15) is 73.2 Å². The monoisotopic (exact) mass is 1630 g/mol. The Kier molecular flexibility index (Phi) is 30.6. The molecule has 0 aromatic rings. The number of aliphatic carboxylic acids is 4. The van der Waals surface area contributed by atoms with E-state index in [0.29, 0.717) is 0 Å². The fraction of sp³-hybridized carbons (Fsp3) is 0.738. The van der Waals surface area contributed by atoms with Crippen LogP contribution in [0.3, 0.4) is 0 Å². The molecule has 4 amide bonds.